The Labute approximate surface area is 118 Å². The third-order valence-electron chi connectivity index (χ3n) is 3.12. The molecule has 2 heteroatoms. The largest absolute Gasteiger partial charge is 0.492 e. The van der Waals surface area contributed by atoms with Crippen LogP contribution in [0.5, 0.6) is 5.75 Å². The van der Waals surface area contributed by atoms with Crippen LogP contribution in [-0.4, -0.2) is 12.6 Å². The summed E-state index contributed by atoms with van der Waals surface area (Å²) < 4.78 is 5.61. The minimum Gasteiger partial charge on any atom is -0.492 e. The first-order valence-corrected chi connectivity index (χ1v) is 7.09. The van der Waals surface area contributed by atoms with Crippen molar-refractivity contribution in [2.45, 2.75) is 59.4 Å². The molecule has 108 valence electrons. The van der Waals surface area contributed by atoms with E-state index in [-0.39, 0.29) is 11.5 Å². The van der Waals surface area contributed by atoms with Crippen molar-refractivity contribution >= 4 is 0 Å². The lowest BCUT2D eigenvalue weighted by Crippen LogP contribution is -2.25. The van der Waals surface area contributed by atoms with Gasteiger partial charge in [-0.15, -0.1) is 0 Å². The summed E-state index contributed by atoms with van der Waals surface area (Å²) in [4.78, 5) is 0. The van der Waals surface area contributed by atoms with Crippen LogP contribution in [0.25, 0.3) is 0 Å². The van der Waals surface area contributed by atoms with Crippen LogP contribution in [0.1, 0.15) is 53.5 Å². The Morgan fingerprint density at radius 3 is 2.00 bits per heavy atom. The number of ether oxygens (including phenoxy) is 1. The molecule has 2 nitrogen and oxygen atoms in total. The maximum Gasteiger partial charge on any atom is 0.119 e. The summed E-state index contributed by atoms with van der Waals surface area (Å²) >= 11 is 0. The molecule has 0 aliphatic heterocycles. The van der Waals surface area contributed by atoms with Crippen molar-refractivity contribution < 1.29 is 4.74 Å². The monoisotopic (exact) mass is 263 g/mol. The smallest absolute Gasteiger partial charge is 0.119 e. The van der Waals surface area contributed by atoms with Crippen LogP contribution >= 0.6 is 0 Å². The summed E-state index contributed by atoms with van der Waals surface area (Å²) in [5.41, 5.74) is 7.55. The van der Waals surface area contributed by atoms with Crippen molar-refractivity contribution in [1.82, 2.24) is 0 Å². The van der Waals surface area contributed by atoms with Crippen LogP contribution in [0.2, 0.25) is 0 Å². The van der Waals surface area contributed by atoms with Crippen LogP contribution < -0.4 is 10.5 Å². The molecule has 2 N–H and O–H groups in total. The fraction of sp³-hybridized carbons (Fsp3) is 0.647. The minimum atomic E-state index is 0.0667. The second-order valence-corrected chi connectivity index (χ2v) is 7.43. The van der Waals surface area contributed by atoms with E-state index in [2.05, 4.69) is 46.8 Å². The van der Waals surface area contributed by atoms with Gasteiger partial charge in [0.05, 0.1) is 0 Å². The summed E-state index contributed by atoms with van der Waals surface area (Å²) in [7, 11) is 0. The molecule has 0 radical (unpaired) electrons. The highest BCUT2D eigenvalue weighted by Gasteiger charge is 2.27. The quantitative estimate of drug-likeness (QED) is 0.867. The maximum atomic E-state index is 5.68. The first kappa shape index (κ1) is 16.0. The summed E-state index contributed by atoms with van der Waals surface area (Å²) in [5.74, 6) is 0.896. The minimum absolute atomic E-state index is 0.0667. The average molecular weight is 263 g/mol. The molecule has 0 fully saturated rings. The standard InChI is InChI=1S/C17H29NO/c1-13(18)11-19-15-9-7-14(8-10-15)17(5,6)12-16(2,3)4/h7-10,13H,11-12,18H2,1-6H3/t13-/m1/s1. The Balaban J connectivity index is 2.75. The van der Waals surface area contributed by atoms with Crippen LogP contribution in [-0.2, 0) is 5.41 Å². The highest BCUT2D eigenvalue weighted by Crippen LogP contribution is 2.36. The molecule has 1 aromatic carbocycles. The molecule has 0 unspecified atom stereocenters. The molecule has 0 saturated carbocycles. The first-order valence-electron chi connectivity index (χ1n) is 7.09. The predicted molar refractivity (Wildman–Crippen MR) is 82.7 cm³/mol. The van der Waals surface area contributed by atoms with Crippen LogP contribution in [0.15, 0.2) is 24.3 Å². The predicted octanol–water partition coefficient (Wildman–Crippen LogP) is 4.13. The van der Waals surface area contributed by atoms with E-state index in [0.717, 1.165) is 12.2 Å². The zero-order chi connectivity index (χ0) is 14.7. The summed E-state index contributed by atoms with van der Waals surface area (Å²) in [6, 6.07) is 8.49. The van der Waals surface area contributed by atoms with Gasteiger partial charge in [-0.1, -0.05) is 46.8 Å². The van der Waals surface area contributed by atoms with Gasteiger partial charge in [0.15, 0.2) is 0 Å². The lowest BCUT2D eigenvalue weighted by Gasteiger charge is -2.33. The molecule has 0 aliphatic carbocycles. The molecule has 0 saturated heterocycles. The van der Waals surface area contributed by atoms with Gasteiger partial charge in [0.2, 0.25) is 0 Å². The van der Waals surface area contributed by atoms with Crippen molar-refractivity contribution in [2.75, 3.05) is 6.61 Å². The van der Waals surface area contributed by atoms with Crippen LogP contribution in [0.4, 0.5) is 0 Å². The number of hydrogen-bond donors (Lipinski definition) is 1. The Bertz CT molecular complexity index is 385. The lowest BCUT2D eigenvalue weighted by molar-refractivity contribution is 0.282. The fourth-order valence-electron chi connectivity index (χ4n) is 2.66. The van der Waals surface area contributed by atoms with E-state index in [1.165, 1.54) is 5.56 Å². The topological polar surface area (TPSA) is 35.2 Å². The number of hydrogen-bond acceptors (Lipinski definition) is 2. The van der Waals surface area contributed by atoms with Gasteiger partial charge >= 0.3 is 0 Å². The van der Waals surface area contributed by atoms with Crippen molar-refractivity contribution in [3.63, 3.8) is 0 Å². The molecule has 0 bridgehead atoms. The molecular formula is C17H29NO. The molecule has 0 spiro atoms. The highest BCUT2D eigenvalue weighted by molar-refractivity contribution is 5.31. The lowest BCUT2D eigenvalue weighted by atomic mass is 9.72. The van der Waals surface area contributed by atoms with E-state index >= 15 is 0 Å². The van der Waals surface area contributed by atoms with Gasteiger partial charge in [-0.05, 0) is 41.9 Å². The molecular weight excluding hydrogens is 234 g/mol. The van der Waals surface area contributed by atoms with Crippen molar-refractivity contribution in [1.29, 1.82) is 0 Å². The van der Waals surface area contributed by atoms with Crippen molar-refractivity contribution in [2.24, 2.45) is 11.1 Å². The normalized spacial score (nSPS) is 14.3. The van der Waals surface area contributed by atoms with E-state index < -0.39 is 0 Å². The molecule has 0 aromatic heterocycles. The highest BCUT2D eigenvalue weighted by atomic mass is 16.5. The fourth-order valence-corrected chi connectivity index (χ4v) is 2.66. The van der Waals surface area contributed by atoms with Crippen LogP contribution in [0, 0.1) is 5.41 Å². The van der Waals surface area contributed by atoms with Gasteiger partial charge in [-0.3, -0.25) is 0 Å². The maximum absolute atomic E-state index is 5.68. The average Bonchev–Trinajstić information content (AvgIpc) is 2.23. The van der Waals surface area contributed by atoms with Crippen LogP contribution in [0.3, 0.4) is 0 Å². The van der Waals surface area contributed by atoms with Gasteiger partial charge < -0.3 is 10.5 Å². The summed E-state index contributed by atoms with van der Waals surface area (Å²) in [6.07, 6.45) is 1.15. The second-order valence-electron chi connectivity index (χ2n) is 7.43. The van der Waals surface area contributed by atoms with Crippen molar-refractivity contribution in [3.05, 3.63) is 29.8 Å². The van der Waals surface area contributed by atoms with E-state index in [9.17, 15) is 0 Å². The molecule has 1 atom stereocenters. The second kappa shape index (κ2) is 5.96. The SMILES string of the molecule is C[C@@H](N)COc1ccc(C(C)(C)CC(C)(C)C)cc1. The number of rotatable bonds is 5. The summed E-state index contributed by atoms with van der Waals surface area (Å²) in [5, 5.41) is 0. The van der Waals surface area contributed by atoms with Gasteiger partial charge in [-0.2, -0.15) is 0 Å². The molecule has 1 rings (SSSR count). The number of benzene rings is 1. The molecule has 0 heterocycles. The zero-order valence-electron chi connectivity index (χ0n) is 13.3. The molecule has 1 aromatic rings. The first-order chi connectivity index (χ1) is 8.60. The van der Waals surface area contributed by atoms with E-state index in [0.29, 0.717) is 12.0 Å². The van der Waals surface area contributed by atoms with Gasteiger partial charge in [0, 0.05) is 6.04 Å². The number of nitrogens with two attached hydrogens (primary N) is 1. The zero-order valence-corrected chi connectivity index (χ0v) is 13.3. The Kier molecular flexibility index (Phi) is 5.03. The Hall–Kier alpha value is -1.02. The Morgan fingerprint density at radius 1 is 1.05 bits per heavy atom. The van der Waals surface area contributed by atoms with Gasteiger partial charge in [0.25, 0.3) is 0 Å². The van der Waals surface area contributed by atoms with E-state index in [1.54, 1.807) is 0 Å². The Morgan fingerprint density at radius 2 is 1.58 bits per heavy atom. The van der Waals surface area contributed by atoms with E-state index in [4.69, 9.17) is 10.5 Å². The van der Waals surface area contributed by atoms with Gasteiger partial charge in [-0.25, -0.2) is 0 Å². The van der Waals surface area contributed by atoms with Crippen molar-refractivity contribution in [3.8, 4) is 5.75 Å². The van der Waals surface area contributed by atoms with Gasteiger partial charge in [0.1, 0.15) is 12.4 Å². The molecule has 0 amide bonds. The molecule has 19 heavy (non-hydrogen) atoms. The third kappa shape index (κ3) is 5.65. The summed E-state index contributed by atoms with van der Waals surface area (Å²) in [6.45, 7) is 14.0. The van der Waals surface area contributed by atoms with E-state index in [1.807, 2.05) is 19.1 Å². The third-order valence-corrected chi connectivity index (χ3v) is 3.12. The molecule has 0 aliphatic rings.